The molecule has 0 unspecified atom stereocenters. The minimum atomic E-state index is -0.0572. The monoisotopic (exact) mass is 917 g/mol. The van der Waals surface area contributed by atoms with E-state index in [1.807, 2.05) is 11.3 Å². The first-order valence-electron chi connectivity index (χ1n) is 24.8. The van der Waals surface area contributed by atoms with Crippen molar-refractivity contribution < 1.29 is 0 Å². The van der Waals surface area contributed by atoms with Crippen molar-refractivity contribution >= 4 is 106 Å². The van der Waals surface area contributed by atoms with Crippen LogP contribution in [-0.2, 0) is 21.7 Å². The van der Waals surface area contributed by atoms with Gasteiger partial charge in [-0.15, -0.1) is 11.3 Å². The Labute approximate surface area is 415 Å². The van der Waals surface area contributed by atoms with Crippen molar-refractivity contribution in [1.29, 1.82) is 0 Å². The van der Waals surface area contributed by atoms with Gasteiger partial charge in [-0.1, -0.05) is 168 Å². The standard InChI is InChI=1S/C64H64BN3S/c1-61(2,3)41-23-29-47(30-24-41)67-53-34-27-44(64(10,11)12)38-52(53)65-58-55(67)39-49(66(45-19-15-13-16-20-45)46-21-17-14-18-22-46)40-56(58)68(48-31-25-42(26-32-48)62(4,5)6)54-35-33-50-51-37-43(63(7,8)9)28-36-57(51)69-60(50)59(54)65/h13-40H,1-12H3. The molecule has 69 heavy (non-hydrogen) atoms. The smallest absolute Gasteiger partial charge is 0.254 e. The zero-order valence-corrected chi connectivity index (χ0v) is 43.3. The summed E-state index contributed by atoms with van der Waals surface area (Å²) < 4.78 is 2.69. The number of para-hydroxylation sites is 2. The molecule has 3 nitrogen and oxygen atoms in total. The van der Waals surface area contributed by atoms with E-state index in [1.54, 1.807) is 0 Å². The first-order chi connectivity index (χ1) is 32.8. The molecule has 2 aliphatic heterocycles. The Kier molecular flexibility index (Phi) is 10.4. The van der Waals surface area contributed by atoms with Gasteiger partial charge in [0.05, 0.1) is 5.69 Å². The van der Waals surface area contributed by atoms with Crippen molar-refractivity contribution in [2.24, 2.45) is 0 Å². The molecule has 0 saturated heterocycles. The summed E-state index contributed by atoms with van der Waals surface area (Å²) in [6.45, 7) is 27.8. The molecule has 0 amide bonds. The lowest BCUT2D eigenvalue weighted by Crippen LogP contribution is -2.61. The lowest BCUT2D eigenvalue weighted by molar-refractivity contribution is 0.590. The molecule has 0 N–H and O–H groups in total. The summed E-state index contributed by atoms with van der Waals surface area (Å²) in [5.74, 6) is 0. The van der Waals surface area contributed by atoms with Gasteiger partial charge in [-0.25, -0.2) is 0 Å². The Bertz CT molecular complexity index is 3360. The number of hydrogen-bond donors (Lipinski definition) is 0. The van der Waals surface area contributed by atoms with Crippen molar-refractivity contribution in [3.63, 3.8) is 0 Å². The van der Waals surface area contributed by atoms with Crippen molar-refractivity contribution in [2.45, 2.75) is 105 Å². The summed E-state index contributed by atoms with van der Waals surface area (Å²) in [5.41, 5.74) is 19.9. The van der Waals surface area contributed by atoms with Crippen LogP contribution < -0.4 is 31.1 Å². The summed E-state index contributed by atoms with van der Waals surface area (Å²) in [5, 5.41) is 2.67. The summed E-state index contributed by atoms with van der Waals surface area (Å²) in [4.78, 5) is 7.61. The van der Waals surface area contributed by atoms with Gasteiger partial charge >= 0.3 is 0 Å². The fourth-order valence-electron chi connectivity index (χ4n) is 10.7. The zero-order valence-electron chi connectivity index (χ0n) is 42.5. The number of rotatable bonds is 5. The SMILES string of the molecule is CC(C)(C)c1ccc(N2c3ccc(C(C)(C)C)cc3B3c4c2cc(N(c2ccccc2)c2ccccc2)cc4N(c2ccc(C(C)(C)C)cc2)c2ccc4c(sc5ccc(C(C)(C)C)cc54)c23)cc1. The fraction of sp³-hybridized carbons (Fsp3) is 0.250. The average molecular weight is 918 g/mol. The number of fused-ring (bicyclic) bond motifs is 8. The molecule has 3 heterocycles. The van der Waals surface area contributed by atoms with E-state index in [2.05, 4.69) is 268 Å². The van der Waals surface area contributed by atoms with Crippen LogP contribution in [0.4, 0.5) is 51.2 Å². The van der Waals surface area contributed by atoms with Crippen LogP contribution >= 0.6 is 11.3 Å². The van der Waals surface area contributed by atoms with E-state index in [4.69, 9.17) is 0 Å². The van der Waals surface area contributed by atoms with E-state index in [1.165, 1.54) is 81.6 Å². The molecule has 0 fully saturated rings. The third kappa shape index (κ3) is 7.65. The van der Waals surface area contributed by atoms with E-state index in [-0.39, 0.29) is 28.4 Å². The van der Waals surface area contributed by atoms with Crippen LogP contribution in [0.25, 0.3) is 20.2 Å². The molecule has 5 heteroatoms. The minimum Gasteiger partial charge on any atom is -0.311 e. The van der Waals surface area contributed by atoms with E-state index >= 15 is 0 Å². The second-order valence-electron chi connectivity index (χ2n) is 23.6. The largest absolute Gasteiger partial charge is 0.311 e. The van der Waals surface area contributed by atoms with E-state index in [0.717, 1.165) is 28.4 Å². The maximum Gasteiger partial charge on any atom is 0.254 e. The van der Waals surface area contributed by atoms with Crippen LogP contribution in [0.15, 0.2) is 170 Å². The third-order valence-electron chi connectivity index (χ3n) is 14.7. The molecule has 0 saturated carbocycles. The highest BCUT2D eigenvalue weighted by Crippen LogP contribution is 2.50. The van der Waals surface area contributed by atoms with Crippen molar-refractivity contribution in [2.75, 3.05) is 14.7 Å². The highest BCUT2D eigenvalue weighted by atomic mass is 32.1. The summed E-state index contributed by atoms with van der Waals surface area (Å²) in [6, 6.07) is 64.9. The molecular weight excluding hydrogens is 854 g/mol. The van der Waals surface area contributed by atoms with Crippen molar-refractivity contribution in [3.05, 3.63) is 192 Å². The van der Waals surface area contributed by atoms with Gasteiger partial charge in [-0.05, 0) is 151 Å². The first kappa shape index (κ1) is 44.9. The van der Waals surface area contributed by atoms with E-state index in [9.17, 15) is 0 Å². The second-order valence-corrected chi connectivity index (χ2v) is 24.6. The average Bonchev–Trinajstić information content (AvgIpc) is 3.69. The summed E-state index contributed by atoms with van der Waals surface area (Å²) in [6.07, 6.45) is 0. The number of hydrogen-bond acceptors (Lipinski definition) is 4. The van der Waals surface area contributed by atoms with Gasteiger partial charge in [-0.3, -0.25) is 0 Å². The van der Waals surface area contributed by atoms with Gasteiger partial charge in [0.2, 0.25) is 0 Å². The van der Waals surface area contributed by atoms with Crippen LogP contribution in [0.1, 0.15) is 105 Å². The number of anilines is 9. The molecule has 8 aromatic carbocycles. The predicted molar refractivity (Wildman–Crippen MR) is 303 cm³/mol. The highest BCUT2D eigenvalue weighted by molar-refractivity contribution is 7.28. The van der Waals surface area contributed by atoms with E-state index < -0.39 is 0 Å². The fourth-order valence-corrected chi connectivity index (χ4v) is 12.0. The Morgan fingerprint density at radius 3 is 1.33 bits per heavy atom. The number of thiophene rings is 1. The second kappa shape index (κ2) is 16.0. The quantitative estimate of drug-likeness (QED) is 0.159. The lowest BCUT2D eigenvalue weighted by Gasteiger charge is -2.45. The van der Waals surface area contributed by atoms with Crippen LogP contribution in [-0.4, -0.2) is 6.71 Å². The Morgan fingerprint density at radius 2 is 0.826 bits per heavy atom. The molecule has 0 radical (unpaired) electrons. The normalized spacial score (nSPS) is 13.7. The lowest BCUT2D eigenvalue weighted by atomic mass is 9.33. The Balaban J connectivity index is 1.30. The van der Waals surface area contributed by atoms with Crippen molar-refractivity contribution in [3.8, 4) is 0 Å². The van der Waals surface area contributed by atoms with Gasteiger partial charge < -0.3 is 14.7 Å². The Hall–Kier alpha value is -6.56. The molecule has 9 aromatic rings. The van der Waals surface area contributed by atoms with Crippen LogP contribution in [0, 0.1) is 0 Å². The molecule has 0 bridgehead atoms. The van der Waals surface area contributed by atoms with Gasteiger partial charge in [-0.2, -0.15) is 0 Å². The zero-order chi connectivity index (χ0) is 48.4. The Morgan fingerprint density at radius 1 is 0.377 bits per heavy atom. The maximum atomic E-state index is 2.60. The summed E-state index contributed by atoms with van der Waals surface area (Å²) >= 11 is 1.96. The highest BCUT2D eigenvalue weighted by Gasteiger charge is 2.46. The molecule has 0 spiro atoms. The van der Waals surface area contributed by atoms with Crippen molar-refractivity contribution in [1.82, 2.24) is 0 Å². The maximum absolute atomic E-state index is 2.60. The van der Waals surface area contributed by atoms with Gasteiger partial charge in [0.15, 0.2) is 0 Å². The molecule has 2 aliphatic rings. The van der Waals surface area contributed by atoms with E-state index in [0.29, 0.717) is 0 Å². The molecule has 0 aliphatic carbocycles. The third-order valence-corrected chi connectivity index (χ3v) is 15.9. The minimum absolute atomic E-state index is 0.0149. The molecule has 11 rings (SSSR count). The first-order valence-corrected chi connectivity index (χ1v) is 25.6. The van der Waals surface area contributed by atoms with Crippen LogP contribution in [0.5, 0.6) is 0 Å². The van der Waals surface area contributed by atoms with Crippen LogP contribution in [0.2, 0.25) is 0 Å². The number of benzene rings is 8. The van der Waals surface area contributed by atoms with Gasteiger partial charge in [0.25, 0.3) is 6.71 Å². The molecule has 344 valence electrons. The number of nitrogens with zero attached hydrogens (tertiary/aromatic N) is 3. The van der Waals surface area contributed by atoms with Gasteiger partial charge in [0.1, 0.15) is 0 Å². The molecule has 0 atom stereocenters. The predicted octanol–water partition coefficient (Wildman–Crippen LogP) is 16.8. The molecular formula is C64H64BN3S. The summed E-state index contributed by atoms with van der Waals surface area (Å²) in [7, 11) is 0. The van der Waals surface area contributed by atoms with Gasteiger partial charge in [0, 0.05) is 60.3 Å². The molecule has 1 aromatic heterocycles. The van der Waals surface area contributed by atoms with Crippen LogP contribution in [0.3, 0.4) is 0 Å². The topological polar surface area (TPSA) is 9.72 Å².